The summed E-state index contributed by atoms with van der Waals surface area (Å²) >= 11 is 1.64. The van der Waals surface area contributed by atoms with E-state index in [-0.39, 0.29) is 10.8 Å². The van der Waals surface area contributed by atoms with Crippen LogP contribution in [0, 0.1) is 0 Å². The molecule has 30 heavy (non-hydrogen) atoms. The van der Waals surface area contributed by atoms with Crippen molar-refractivity contribution in [3.63, 3.8) is 0 Å². The van der Waals surface area contributed by atoms with Crippen molar-refractivity contribution in [3.8, 4) is 0 Å². The molecule has 4 aromatic rings. The Hall–Kier alpha value is -3.37. The zero-order valence-electron chi connectivity index (χ0n) is 15.6. The maximum atomic E-state index is 12.6. The number of hydrogen-bond acceptors (Lipinski definition) is 5. The molecule has 0 unspecified atom stereocenters. The van der Waals surface area contributed by atoms with Gasteiger partial charge >= 0.3 is 5.69 Å². The van der Waals surface area contributed by atoms with Gasteiger partial charge in [0, 0.05) is 22.7 Å². The Balaban J connectivity index is 1.41. The van der Waals surface area contributed by atoms with Crippen LogP contribution in [0.15, 0.2) is 69.7 Å². The van der Waals surface area contributed by atoms with Gasteiger partial charge in [-0.3, -0.25) is 9.52 Å². The van der Waals surface area contributed by atoms with Crippen molar-refractivity contribution in [2.24, 2.45) is 0 Å². The zero-order valence-corrected chi connectivity index (χ0v) is 17.3. The van der Waals surface area contributed by atoms with E-state index in [2.05, 4.69) is 20.0 Å². The van der Waals surface area contributed by atoms with E-state index in [9.17, 15) is 18.0 Å². The third kappa shape index (κ3) is 4.44. The molecule has 0 saturated heterocycles. The second kappa shape index (κ2) is 8.17. The molecule has 8 nitrogen and oxygen atoms in total. The van der Waals surface area contributed by atoms with Crippen LogP contribution in [0.1, 0.15) is 15.2 Å². The van der Waals surface area contributed by atoms with E-state index >= 15 is 0 Å². The second-order valence-corrected chi connectivity index (χ2v) is 9.27. The van der Waals surface area contributed by atoms with Crippen LogP contribution in [0.4, 0.5) is 5.69 Å². The molecule has 0 aliphatic heterocycles. The number of benzene rings is 2. The van der Waals surface area contributed by atoms with Gasteiger partial charge in [0.2, 0.25) is 0 Å². The number of hydrogen-bond donors (Lipinski definition) is 4. The van der Waals surface area contributed by atoms with Crippen LogP contribution in [0.3, 0.4) is 0 Å². The fraction of sp³-hybridized carbons (Fsp3) is 0.100. The monoisotopic (exact) mass is 442 g/mol. The molecule has 0 aliphatic rings. The second-order valence-electron chi connectivity index (χ2n) is 6.55. The number of sulfonamides is 1. The number of anilines is 1. The Morgan fingerprint density at radius 1 is 1.00 bits per heavy atom. The first-order valence-corrected chi connectivity index (χ1v) is 11.4. The third-order valence-electron chi connectivity index (χ3n) is 4.43. The van der Waals surface area contributed by atoms with Gasteiger partial charge in [-0.2, -0.15) is 0 Å². The Morgan fingerprint density at radius 3 is 2.50 bits per heavy atom. The summed E-state index contributed by atoms with van der Waals surface area (Å²) in [4.78, 5) is 29.9. The molecule has 0 saturated carbocycles. The highest BCUT2D eigenvalue weighted by molar-refractivity contribution is 7.92. The van der Waals surface area contributed by atoms with Crippen molar-refractivity contribution in [1.82, 2.24) is 15.3 Å². The number of carbonyl (C=O) groups is 1. The van der Waals surface area contributed by atoms with E-state index in [1.165, 1.54) is 35.2 Å². The first-order chi connectivity index (χ1) is 14.4. The molecule has 1 amide bonds. The molecule has 2 heterocycles. The lowest BCUT2D eigenvalue weighted by Crippen LogP contribution is -2.25. The number of rotatable bonds is 7. The standard InChI is InChI=1S/C20H18N4O4S2/c25-19(21-10-9-15-2-1-11-29-15)13-3-5-14(6-4-13)24-30(27,28)16-7-8-17-18(12-16)23-20(26)22-17/h1-8,11-12,24H,9-10H2,(H,21,25)(H2,22,23,26). The Labute approximate surface area is 176 Å². The topological polar surface area (TPSA) is 124 Å². The van der Waals surface area contributed by atoms with E-state index in [0.29, 0.717) is 28.8 Å². The van der Waals surface area contributed by atoms with E-state index < -0.39 is 15.7 Å². The van der Waals surface area contributed by atoms with Crippen molar-refractivity contribution in [2.75, 3.05) is 11.3 Å². The minimum absolute atomic E-state index is 0.0145. The van der Waals surface area contributed by atoms with E-state index in [1.54, 1.807) is 23.5 Å². The lowest BCUT2D eigenvalue weighted by Gasteiger charge is -2.09. The molecular formula is C20H18N4O4S2. The average Bonchev–Trinajstić information content (AvgIpc) is 3.36. The van der Waals surface area contributed by atoms with Crippen LogP contribution in [0.5, 0.6) is 0 Å². The Kier molecular flexibility index (Phi) is 5.42. The number of thiophene rings is 1. The minimum atomic E-state index is -3.85. The van der Waals surface area contributed by atoms with Crippen molar-refractivity contribution in [3.05, 3.63) is 80.9 Å². The molecule has 0 bridgehead atoms. The summed E-state index contributed by atoms with van der Waals surface area (Å²) in [6.45, 7) is 0.525. The molecule has 0 atom stereocenters. The van der Waals surface area contributed by atoms with Crippen LogP contribution < -0.4 is 15.7 Å². The van der Waals surface area contributed by atoms with E-state index in [1.807, 2.05) is 17.5 Å². The molecule has 4 rings (SSSR count). The van der Waals surface area contributed by atoms with Crippen LogP contribution >= 0.6 is 11.3 Å². The van der Waals surface area contributed by atoms with Gasteiger partial charge in [0.15, 0.2) is 0 Å². The number of aromatic amines is 2. The molecule has 2 aromatic carbocycles. The Bertz CT molecular complexity index is 1340. The summed E-state index contributed by atoms with van der Waals surface area (Å²) in [5, 5.41) is 4.84. The van der Waals surface area contributed by atoms with Gasteiger partial charge in [-0.15, -0.1) is 11.3 Å². The maximum Gasteiger partial charge on any atom is 0.323 e. The summed E-state index contributed by atoms with van der Waals surface area (Å²) in [6.07, 6.45) is 0.762. The first-order valence-electron chi connectivity index (χ1n) is 9.06. The van der Waals surface area contributed by atoms with Gasteiger partial charge < -0.3 is 15.3 Å². The van der Waals surface area contributed by atoms with Crippen molar-refractivity contribution < 1.29 is 13.2 Å². The quantitative estimate of drug-likeness (QED) is 0.351. The fourth-order valence-electron chi connectivity index (χ4n) is 2.94. The van der Waals surface area contributed by atoms with Crippen LogP contribution in [-0.2, 0) is 16.4 Å². The molecule has 2 aromatic heterocycles. The molecule has 0 radical (unpaired) electrons. The van der Waals surface area contributed by atoms with Gasteiger partial charge in [0.25, 0.3) is 15.9 Å². The number of carbonyl (C=O) groups excluding carboxylic acids is 1. The third-order valence-corrected chi connectivity index (χ3v) is 6.75. The van der Waals surface area contributed by atoms with Gasteiger partial charge in [0.05, 0.1) is 15.9 Å². The lowest BCUT2D eigenvalue weighted by atomic mass is 10.2. The molecule has 154 valence electrons. The SMILES string of the molecule is O=C(NCCc1cccs1)c1ccc(NS(=O)(=O)c2ccc3[nH]c(=O)[nH]c3c2)cc1. The van der Waals surface area contributed by atoms with Crippen LogP contribution in [-0.4, -0.2) is 30.8 Å². The van der Waals surface area contributed by atoms with E-state index in [4.69, 9.17) is 0 Å². The highest BCUT2D eigenvalue weighted by Crippen LogP contribution is 2.19. The van der Waals surface area contributed by atoms with Gasteiger partial charge in [-0.05, 0) is 60.3 Å². The largest absolute Gasteiger partial charge is 0.352 e. The summed E-state index contributed by atoms with van der Waals surface area (Å²) in [5.41, 5.74) is 1.28. The smallest absolute Gasteiger partial charge is 0.323 e. The molecular weight excluding hydrogens is 424 g/mol. The number of H-pyrrole nitrogens is 2. The molecule has 4 N–H and O–H groups in total. The molecule has 0 fully saturated rings. The molecule has 0 spiro atoms. The molecule has 0 aliphatic carbocycles. The average molecular weight is 443 g/mol. The van der Waals surface area contributed by atoms with Crippen molar-refractivity contribution >= 4 is 44.0 Å². The highest BCUT2D eigenvalue weighted by Gasteiger charge is 2.16. The van der Waals surface area contributed by atoms with Crippen molar-refractivity contribution in [2.45, 2.75) is 11.3 Å². The minimum Gasteiger partial charge on any atom is -0.352 e. The summed E-state index contributed by atoms with van der Waals surface area (Å²) in [7, 11) is -3.85. The number of nitrogens with one attached hydrogen (secondary N) is 4. The first kappa shape index (κ1) is 19.9. The van der Waals surface area contributed by atoms with Gasteiger partial charge in [0.1, 0.15) is 0 Å². The van der Waals surface area contributed by atoms with Crippen molar-refractivity contribution in [1.29, 1.82) is 0 Å². The highest BCUT2D eigenvalue weighted by atomic mass is 32.2. The Morgan fingerprint density at radius 2 is 1.77 bits per heavy atom. The van der Waals surface area contributed by atoms with Gasteiger partial charge in [-0.1, -0.05) is 6.07 Å². The summed E-state index contributed by atoms with van der Waals surface area (Å²) < 4.78 is 27.7. The predicted octanol–water partition coefficient (Wildman–Crippen LogP) is 2.69. The predicted molar refractivity (Wildman–Crippen MR) is 117 cm³/mol. The normalized spacial score (nSPS) is 11.5. The number of amides is 1. The maximum absolute atomic E-state index is 12.6. The number of imidazole rings is 1. The number of fused-ring (bicyclic) bond motifs is 1. The van der Waals surface area contributed by atoms with E-state index in [0.717, 1.165) is 6.42 Å². The number of aromatic nitrogens is 2. The fourth-order valence-corrected chi connectivity index (χ4v) is 4.73. The van der Waals surface area contributed by atoms with Crippen LogP contribution in [0.25, 0.3) is 11.0 Å². The van der Waals surface area contributed by atoms with Gasteiger partial charge in [-0.25, -0.2) is 13.2 Å². The summed E-state index contributed by atoms with van der Waals surface area (Å²) in [6, 6.07) is 14.5. The molecule has 10 heteroatoms. The lowest BCUT2D eigenvalue weighted by molar-refractivity contribution is 0.0954. The zero-order chi connectivity index (χ0) is 21.1. The summed E-state index contributed by atoms with van der Waals surface area (Å²) in [5.74, 6) is -0.220. The van der Waals surface area contributed by atoms with Crippen LogP contribution in [0.2, 0.25) is 0 Å².